The van der Waals surface area contributed by atoms with Crippen LogP contribution in [0.25, 0.3) is 10.4 Å². The molecule has 7 rings (SSSR count). The SMILES string of the molecule is Cc1ncsc1-c1ccc(CNC(=O)[C@@H]2C[C@@H](O)CN2C(=O)[C@@H](NC(=O)CCOCCOCCOCCNC(=O)[C@]2(Cc3cccc(Nc4nccs4)n3)CC[C@@H](Oc3cccc(Cl)c3F)CC2)C(C)(C)C)cc1. The van der Waals surface area contributed by atoms with Crippen molar-refractivity contribution in [2.75, 3.05) is 58.0 Å². The fraction of sp³-hybridized carbons (Fsp3) is 0.491. The van der Waals surface area contributed by atoms with Gasteiger partial charge >= 0.3 is 0 Å². The van der Waals surface area contributed by atoms with Crippen LogP contribution in [-0.4, -0.2) is 126 Å². The lowest BCUT2D eigenvalue weighted by Gasteiger charge is -2.39. The molecular formula is C53H66ClFN8O9S2. The van der Waals surface area contributed by atoms with E-state index in [-0.39, 0.29) is 107 Å². The third-order valence-electron chi connectivity index (χ3n) is 13.0. The van der Waals surface area contributed by atoms with Crippen LogP contribution in [0.5, 0.6) is 5.75 Å². The lowest BCUT2D eigenvalue weighted by Crippen LogP contribution is -2.57. The van der Waals surface area contributed by atoms with E-state index in [0.29, 0.717) is 43.1 Å². The third kappa shape index (κ3) is 15.7. The number of aliphatic hydroxyl groups excluding tert-OH is 1. The maximum atomic E-state index is 14.7. The number of nitrogens with zero attached hydrogens (tertiary/aromatic N) is 4. The number of β-amino-alcohol motifs (C(OH)–C–C–N with tert-alkyl or cyclic N) is 1. The van der Waals surface area contributed by atoms with Crippen LogP contribution in [0, 0.1) is 23.6 Å². The first-order chi connectivity index (χ1) is 35.6. The number of aromatic nitrogens is 3. The summed E-state index contributed by atoms with van der Waals surface area (Å²) < 4.78 is 37.7. The first kappa shape index (κ1) is 56.1. The molecule has 74 heavy (non-hydrogen) atoms. The number of hydrogen-bond acceptors (Lipinski definition) is 15. The van der Waals surface area contributed by atoms with Gasteiger partial charge in [0.1, 0.15) is 17.9 Å². The number of thiazole rings is 2. The molecule has 0 unspecified atom stereocenters. The molecule has 1 aliphatic heterocycles. The smallest absolute Gasteiger partial charge is 0.246 e. The van der Waals surface area contributed by atoms with Crippen molar-refractivity contribution in [1.29, 1.82) is 0 Å². The molecular weight excluding hydrogens is 1010 g/mol. The largest absolute Gasteiger partial charge is 0.487 e. The molecule has 1 aliphatic carbocycles. The Morgan fingerprint density at radius 2 is 1.64 bits per heavy atom. The second-order valence-corrected chi connectivity index (χ2v) is 21.7. The van der Waals surface area contributed by atoms with Crippen molar-refractivity contribution in [2.24, 2.45) is 10.8 Å². The number of likely N-dealkylation sites (tertiary alicyclic amines) is 1. The molecule has 2 aliphatic rings. The number of ether oxygens (including phenoxy) is 4. The Balaban J connectivity index is 0.786. The quantitative estimate of drug-likeness (QED) is 0.0360. The second kappa shape index (κ2) is 26.7. The van der Waals surface area contributed by atoms with E-state index in [1.807, 2.05) is 81.1 Å². The number of halogens is 2. The molecule has 2 fully saturated rings. The zero-order valence-corrected chi connectivity index (χ0v) is 44.6. The Bertz CT molecular complexity index is 2630. The normalized spacial score (nSPS) is 19.2. The molecule has 2 aromatic carbocycles. The fourth-order valence-electron chi connectivity index (χ4n) is 9.03. The van der Waals surface area contributed by atoms with Crippen molar-refractivity contribution in [3.8, 4) is 16.2 Å². The minimum atomic E-state index is -0.955. The molecule has 3 atom stereocenters. The summed E-state index contributed by atoms with van der Waals surface area (Å²) in [6.45, 7) is 9.38. The van der Waals surface area contributed by atoms with Gasteiger partial charge in [0.05, 0.1) is 78.4 Å². The Morgan fingerprint density at radius 3 is 2.32 bits per heavy atom. The Morgan fingerprint density at radius 1 is 0.919 bits per heavy atom. The topological polar surface area (TPSA) is 215 Å². The number of anilines is 2. The van der Waals surface area contributed by atoms with Crippen LogP contribution in [0.15, 0.2) is 77.8 Å². The molecule has 3 aromatic heterocycles. The van der Waals surface area contributed by atoms with Crippen molar-refractivity contribution >= 4 is 68.9 Å². The Kier molecular flexibility index (Phi) is 20.3. The van der Waals surface area contributed by atoms with Gasteiger partial charge in [-0.25, -0.2) is 19.3 Å². The number of hydrogen-bond donors (Lipinski definition) is 5. The first-order valence-corrected chi connectivity index (χ1v) is 27.0. The maximum Gasteiger partial charge on any atom is 0.246 e. The highest BCUT2D eigenvalue weighted by Crippen LogP contribution is 2.41. The number of carbonyl (C=O) groups excluding carboxylic acids is 4. The fourth-order valence-corrected chi connectivity index (χ4v) is 10.5. The molecule has 0 spiro atoms. The van der Waals surface area contributed by atoms with Crippen LogP contribution in [0.3, 0.4) is 0 Å². The van der Waals surface area contributed by atoms with Gasteiger partial charge in [0.25, 0.3) is 0 Å². The lowest BCUT2D eigenvalue weighted by molar-refractivity contribution is -0.144. The van der Waals surface area contributed by atoms with Gasteiger partial charge in [0.2, 0.25) is 23.6 Å². The molecule has 4 amide bonds. The highest BCUT2D eigenvalue weighted by molar-refractivity contribution is 7.13. The van der Waals surface area contributed by atoms with Crippen LogP contribution < -0.4 is 26.0 Å². The molecule has 4 heterocycles. The van der Waals surface area contributed by atoms with E-state index >= 15 is 0 Å². The lowest BCUT2D eigenvalue weighted by atomic mass is 9.69. The van der Waals surface area contributed by atoms with Crippen LogP contribution in [0.1, 0.15) is 76.2 Å². The summed E-state index contributed by atoms with van der Waals surface area (Å²) in [6, 6.07) is 16.3. The van der Waals surface area contributed by atoms with Gasteiger partial charge < -0.3 is 50.2 Å². The maximum absolute atomic E-state index is 14.7. The average Bonchev–Trinajstić information content (AvgIpc) is 4.16. The highest BCUT2D eigenvalue weighted by atomic mass is 35.5. The number of benzene rings is 2. The number of amides is 4. The predicted octanol–water partition coefficient (Wildman–Crippen LogP) is 7.42. The number of carbonyl (C=O) groups is 4. The highest BCUT2D eigenvalue weighted by Gasteiger charge is 2.45. The Hall–Kier alpha value is -5.61. The number of rotatable bonds is 25. The van der Waals surface area contributed by atoms with Gasteiger partial charge in [0, 0.05) is 56.2 Å². The third-order valence-corrected chi connectivity index (χ3v) is 15.0. The van der Waals surface area contributed by atoms with Crippen molar-refractivity contribution in [1.82, 2.24) is 35.8 Å². The second-order valence-electron chi connectivity index (χ2n) is 19.6. The van der Waals surface area contributed by atoms with Gasteiger partial charge in [-0.3, -0.25) is 19.2 Å². The monoisotopic (exact) mass is 1080 g/mol. The average molecular weight is 1080 g/mol. The van der Waals surface area contributed by atoms with E-state index in [1.54, 1.807) is 29.7 Å². The zero-order chi connectivity index (χ0) is 52.7. The molecule has 398 valence electrons. The van der Waals surface area contributed by atoms with Crippen LogP contribution in [0.4, 0.5) is 15.3 Å². The predicted molar refractivity (Wildman–Crippen MR) is 282 cm³/mol. The van der Waals surface area contributed by atoms with Crippen molar-refractivity contribution in [2.45, 2.75) is 103 Å². The molecule has 1 saturated heterocycles. The van der Waals surface area contributed by atoms with Crippen LogP contribution in [0.2, 0.25) is 5.02 Å². The van der Waals surface area contributed by atoms with E-state index in [9.17, 15) is 28.7 Å². The molecule has 5 N–H and O–H groups in total. The van der Waals surface area contributed by atoms with Gasteiger partial charge in [-0.1, -0.05) is 68.8 Å². The van der Waals surface area contributed by atoms with Crippen LogP contribution >= 0.6 is 34.3 Å². The van der Waals surface area contributed by atoms with Gasteiger partial charge in [-0.2, -0.15) is 0 Å². The van der Waals surface area contributed by atoms with E-state index in [2.05, 4.69) is 31.2 Å². The van der Waals surface area contributed by atoms with E-state index in [1.165, 1.54) is 22.3 Å². The molecule has 21 heteroatoms. The van der Waals surface area contributed by atoms with Gasteiger partial charge in [-0.05, 0) is 73.4 Å². The molecule has 1 saturated carbocycles. The number of pyridine rings is 1. The summed E-state index contributed by atoms with van der Waals surface area (Å²) in [5.41, 5.74) is 3.96. The van der Waals surface area contributed by atoms with E-state index < -0.39 is 40.7 Å². The first-order valence-electron chi connectivity index (χ1n) is 24.9. The summed E-state index contributed by atoms with van der Waals surface area (Å²) >= 11 is 9.02. The van der Waals surface area contributed by atoms with Gasteiger partial charge in [-0.15, -0.1) is 22.7 Å². The summed E-state index contributed by atoms with van der Waals surface area (Å²) in [4.78, 5) is 70.4. The molecule has 5 aromatic rings. The summed E-state index contributed by atoms with van der Waals surface area (Å²) in [5, 5.41) is 25.2. The number of aliphatic hydroxyl groups is 1. The number of nitrogens with one attached hydrogen (secondary N) is 4. The summed E-state index contributed by atoms with van der Waals surface area (Å²) in [7, 11) is 0. The van der Waals surface area contributed by atoms with E-state index in [4.69, 9.17) is 35.5 Å². The zero-order valence-electron chi connectivity index (χ0n) is 42.2. The minimum absolute atomic E-state index is 0.00532. The summed E-state index contributed by atoms with van der Waals surface area (Å²) in [6.07, 6.45) is 3.06. The van der Waals surface area contributed by atoms with E-state index in [0.717, 1.165) is 27.4 Å². The minimum Gasteiger partial charge on any atom is -0.487 e. The molecule has 0 bridgehead atoms. The molecule has 17 nitrogen and oxygen atoms in total. The Labute approximate surface area is 444 Å². The molecule has 0 radical (unpaired) electrons. The van der Waals surface area contributed by atoms with Crippen molar-refractivity contribution in [3.63, 3.8) is 0 Å². The summed E-state index contributed by atoms with van der Waals surface area (Å²) in [5.74, 6) is -1.21. The number of aryl methyl sites for hydroxylation is 1. The van der Waals surface area contributed by atoms with Crippen molar-refractivity contribution in [3.05, 3.63) is 106 Å². The van der Waals surface area contributed by atoms with Crippen molar-refractivity contribution < 1.29 is 47.6 Å². The van der Waals surface area contributed by atoms with Crippen LogP contribution in [-0.2, 0) is 46.4 Å². The van der Waals surface area contributed by atoms with Gasteiger partial charge in [0.15, 0.2) is 16.7 Å². The standard InChI is InChI=1S/C53H66ClFN8O9S2/c1-34-46(74-33-59-34)36-13-11-35(12-14-36)31-58-48(66)41-29-38(64)32-63(41)49(67)47(52(2,3)4)62-44(65)17-22-69-24-26-71-27-25-70-23-20-56-50(68)53(30-37-7-5-10-43(60-37)61-51-57-21-28-73-51)18-15-39(16-19-53)72-42-9-6-8-40(54)45(42)55/h5-14,21,28,33,38-39,41,47,64H,15-20,22-27,29-32H2,1-4H3,(H,56,68)(H,58,66)(H,62,65)(H,57,60,61)/t38-,39-,41+,47-,53-/m1/s1.